The van der Waals surface area contributed by atoms with Gasteiger partial charge in [0.15, 0.2) is 0 Å². The first-order valence-corrected chi connectivity index (χ1v) is 13.6. The zero-order valence-electron chi connectivity index (χ0n) is 19.5. The van der Waals surface area contributed by atoms with Crippen LogP contribution in [0.3, 0.4) is 0 Å². The van der Waals surface area contributed by atoms with Crippen LogP contribution in [-0.4, -0.2) is 69.4 Å². The number of piperazine rings is 1. The molecule has 1 aliphatic carbocycles. The lowest BCUT2D eigenvalue weighted by atomic mass is 9.95. The van der Waals surface area contributed by atoms with Crippen LogP contribution in [0.2, 0.25) is 5.02 Å². The van der Waals surface area contributed by atoms with Crippen LogP contribution in [0.4, 0.5) is 5.69 Å². The summed E-state index contributed by atoms with van der Waals surface area (Å²) in [6, 6.07) is 13.9. The maximum Gasteiger partial charge on any atom is 0.243 e. The lowest BCUT2D eigenvalue weighted by Gasteiger charge is -2.38. The van der Waals surface area contributed by atoms with E-state index in [0.29, 0.717) is 31.2 Å². The second kappa shape index (κ2) is 11.0. The Kier molecular flexibility index (Phi) is 8.01. The Bertz CT molecular complexity index is 1080. The number of sulfonamides is 1. The molecule has 0 radical (unpaired) electrons. The molecule has 1 heterocycles. The van der Waals surface area contributed by atoms with Crippen molar-refractivity contribution in [3.63, 3.8) is 0 Å². The molecule has 9 heteroatoms. The second-order valence-electron chi connectivity index (χ2n) is 8.84. The zero-order chi connectivity index (χ0) is 24.1. The van der Waals surface area contributed by atoms with Crippen molar-refractivity contribution in [3.05, 3.63) is 53.6 Å². The van der Waals surface area contributed by atoms with Crippen LogP contribution in [0.1, 0.15) is 32.1 Å². The predicted molar refractivity (Wildman–Crippen MR) is 134 cm³/mol. The molecule has 0 N–H and O–H groups in total. The minimum absolute atomic E-state index is 0.135. The summed E-state index contributed by atoms with van der Waals surface area (Å²) in [5.74, 6) is 0.655. The third-order valence-corrected chi connectivity index (χ3v) is 8.92. The quantitative estimate of drug-likeness (QED) is 0.568. The lowest BCUT2D eigenvalue weighted by molar-refractivity contribution is -0.132. The first-order chi connectivity index (χ1) is 16.4. The van der Waals surface area contributed by atoms with Gasteiger partial charge in [0.25, 0.3) is 0 Å². The van der Waals surface area contributed by atoms with Crippen molar-refractivity contribution in [3.8, 4) is 5.75 Å². The smallest absolute Gasteiger partial charge is 0.243 e. The van der Waals surface area contributed by atoms with Crippen molar-refractivity contribution < 1.29 is 17.9 Å². The Balaban J connectivity index is 1.47. The topological polar surface area (TPSA) is 70.2 Å². The van der Waals surface area contributed by atoms with Gasteiger partial charge in [-0.3, -0.25) is 4.79 Å². The number of benzene rings is 2. The van der Waals surface area contributed by atoms with E-state index in [-0.39, 0.29) is 23.4 Å². The molecule has 0 atom stereocenters. The van der Waals surface area contributed by atoms with E-state index in [2.05, 4.69) is 4.90 Å². The molecule has 1 amide bonds. The maximum absolute atomic E-state index is 13.6. The monoisotopic (exact) mass is 505 g/mol. The summed E-state index contributed by atoms with van der Waals surface area (Å²) < 4.78 is 34.0. The van der Waals surface area contributed by atoms with Crippen molar-refractivity contribution in [2.75, 3.05) is 44.7 Å². The number of nitrogens with zero attached hydrogens (tertiary/aromatic N) is 3. The van der Waals surface area contributed by atoms with Gasteiger partial charge in [-0.15, -0.1) is 0 Å². The average Bonchev–Trinajstić information content (AvgIpc) is 2.88. The second-order valence-corrected chi connectivity index (χ2v) is 11.2. The fourth-order valence-electron chi connectivity index (χ4n) is 4.84. The van der Waals surface area contributed by atoms with E-state index in [4.69, 9.17) is 16.3 Å². The molecule has 7 nitrogen and oxygen atoms in total. The third-order valence-electron chi connectivity index (χ3n) is 6.75. The molecule has 1 saturated heterocycles. The van der Waals surface area contributed by atoms with E-state index in [1.807, 2.05) is 24.3 Å². The number of anilines is 1. The molecule has 1 aliphatic heterocycles. The Hall–Kier alpha value is -2.29. The maximum atomic E-state index is 13.6. The number of methoxy groups -OCH3 is 1. The van der Waals surface area contributed by atoms with Crippen LogP contribution in [0.15, 0.2) is 53.4 Å². The Morgan fingerprint density at radius 2 is 1.65 bits per heavy atom. The summed E-state index contributed by atoms with van der Waals surface area (Å²) in [5.41, 5.74) is 1.01. The van der Waals surface area contributed by atoms with E-state index in [0.717, 1.165) is 43.5 Å². The van der Waals surface area contributed by atoms with Gasteiger partial charge >= 0.3 is 0 Å². The number of hydrogen-bond donors (Lipinski definition) is 0. The molecule has 184 valence electrons. The zero-order valence-corrected chi connectivity index (χ0v) is 21.1. The van der Waals surface area contributed by atoms with Gasteiger partial charge in [-0.05, 0) is 49.2 Å². The van der Waals surface area contributed by atoms with Crippen LogP contribution in [-0.2, 0) is 14.8 Å². The van der Waals surface area contributed by atoms with Gasteiger partial charge in [0.05, 0.1) is 24.2 Å². The minimum atomic E-state index is -3.81. The molecule has 0 bridgehead atoms. The first kappa shape index (κ1) is 24.8. The van der Waals surface area contributed by atoms with Crippen molar-refractivity contribution >= 4 is 33.2 Å². The fraction of sp³-hybridized carbons (Fsp3) is 0.480. The number of carbonyl (C=O) groups excluding carboxylic acids is 1. The predicted octanol–water partition coefficient (Wildman–Crippen LogP) is 4.02. The summed E-state index contributed by atoms with van der Waals surface area (Å²) in [7, 11) is -2.16. The van der Waals surface area contributed by atoms with Gasteiger partial charge in [0.1, 0.15) is 5.75 Å². The number of amides is 1. The van der Waals surface area contributed by atoms with Gasteiger partial charge in [-0.25, -0.2) is 8.42 Å². The summed E-state index contributed by atoms with van der Waals surface area (Å²) in [6.07, 6.45) is 4.61. The molecule has 2 fully saturated rings. The van der Waals surface area contributed by atoms with Crippen LogP contribution < -0.4 is 9.64 Å². The average molecular weight is 506 g/mol. The standard InChI is InChI=1S/C25H32ClN3O4S/c1-33-24-10-6-5-9-23(24)27-15-17-28(18-16-27)25(30)19-29(21-7-3-2-4-8-21)34(31,32)22-13-11-20(26)12-14-22/h5-6,9-14,21H,2-4,7-8,15-19H2,1H3. The third kappa shape index (κ3) is 5.50. The molecule has 1 saturated carbocycles. The molecule has 0 unspecified atom stereocenters. The molecule has 2 aromatic rings. The Morgan fingerprint density at radius 3 is 2.29 bits per heavy atom. The molecular weight excluding hydrogens is 474 g/mol. The number of rotatable bonds is 7. The number of hydrogen-bond acceptors (Lipinski definition) is 5. The fourth-order valence-corrected chi connectivity index (χ4v) is 6.60. The van der Waals surface area contributed by atoms with Gasteiger partial charge in [0, 0.05) is 37.2 Å². The van der Waals surface area contributed by atoms with Crippen molar-refractivity contribution in [1.29, 1.82) is 0 Å². The number of halogens is 1. The van der Waals surface area contributed by atoms with Crippen LogP contribution >= 0.6 is 11.6 Å². The Morgan fingerprint density at radius 1 is 1.00 bits per heavy atom. The van der Waals surface area contributed by atoms with E-state index in [9.17, 15) is 13.2 Å². The van der Waals surface area contributed by atoms with Crippen molar-refractivity contribution in [1.82, 2.24) is 9.21 Å². The van der Waals surface area contributed by atoms with Gasteiger partial charge in [-0.1, -0.05) is 43.0 Å². The Labute approximate surface area is 207 Å². The molecule has 2 aliphatic rings. The first-order valence-electron chi connectivity index (χ1n) is 11.8. The largest absolute Gasteiger partial charge is 0.495 e. The molecule has 2 aromatic carbocycles. The summed E-state index contributed by atoms with van der Waals surface area (Å²) in [5, 5.41) is 0.479. The normalized spacial score (nSPS) is 17.7. The minimum Gasteiger partial charge on any atom is -0.495 e. The lowest BCUT2D eigenvalue weighted by Crippen LogP contribution is -2.53. The van der Waals surface area contributed by atoms with Gasteiger partial charge in [0.2, 0.25) is 15.9 Å². The van der Waals surface area contributed by atoms with Gasteiger partial charge < -0.3 is 14.5 Å². The number of ether oxygens (including phenoxy) is 1. The number of carbonyl (C=O) groups is 1. The van der Waals surface area contributed by atoms with Crippen LogP contribution in [0, 0.1) is 0 Å². The molecule has 0 spiro atoms. The van der Waals surface area contributed by atoms with Crippen LogP contribution in [0.25, 0.3) is 0 Å². The summed E-state index contributed by atoms with van der Waals surface area (Å²) >= 11 is 5.97. The highest BCUT2D eigenvalue weighted by Gasteiger charge is 2.35. The molecule has 0 aromatic heterocycles. The highest BCUT2D eigenvalue weighted by atomic mass is 35.5. The molecule has 4 rings (SSSR count). The highest BCUT2D eigenvalue weighted by molar-refractivity contribution is 7.89. The van der Waals surface area contributed by atoms with E-state index >= 15 is 0 Å². The van der Waals surface area contributed by atoms with E-state index in [1.54, 1.807) is 24.1 Å². The van der Waals surface area contributed by atoms with Crippen molar-refractivity contribution in [2.45, 2.75) is 43.0 Å². The summed E-state index contributed by atoms with van der Waals surface area (Å²) in [6.45, 7) is 2.27. The SMILES string of the molecule is COc1ccccc1N1CCN(C(=O)CN(C2CCCCC2)S(=O)(=O)c2ccc(Cl)cc2)CC1. The van der Waals surface area contributed by atoms with Crippen LogP contribution in [0.5, 0.6) is 5.75 Å². The highest BCUT2D eigenvalue weighted by Crippen LogP contribution is 2.30. The van der Waals surface area contributed by atoms with E-state index < -0.39 is 10.0 Å². The molecule has 34 heavy (non-hydrogen) atoms. The summed E-state index contributed by atoms with van der Waals surface area (Å²) in [4.78, 5) is 17.5. The van der Waals surface area contributed by atoms with Gasteiger partial charge in [-0.2, -0.15) is 4.31 Å². The van der Waals surface area contributed by atoms with E-state index in [1.165, 1.54) is 16.4 Å². The van der Waals surface area contributed by atoms with Crippen molar-refractivity contribution in [2.24, 2.45) is 0 Å². The molecular formula is C25H32ClN3O4S. The number of para-hydroxylation sites is 2.